The average Bonchev–Trinajstić information content (AvgIpc) is 3.45. The van der Waals surface area contributed by atoms with E-state index in [2.05, 4.69) is 54.6 Å². The van der Waals surface area contributed by atoms with Gasteiger partial charge in [-0.2, -0.15) is 9.36 Å². The van der Waals surface area contributed by atoms with Gasteiger partial charge in [0.1, 0.15) is 12.3 Å². The van der Waals surface area contributed by atoms with Crippen molar-refractivity contribution in [1.29, 1.82) is 0 Å². The quantitative estimate of drug-likeness (QED) is 0.624. The van der Waals surface area contributed by atoms with Crippen LogP contribution in [0.1, 0.15) is 29.5 Å². The van der Waals surface area contributed by atoms with Crippen LogP contribution in [-0.2, 0) is 13.2 Å². The van der Waals surface area contributed by atoms with Crippen LogP contribution in [0.5, 0.6) is 5.75 Å². The van der Waals surface area contributed by atoms with E-state index in [0.717, 1.165) is 24.7 Å². The summed E-state index contributed by atoms with van der Waals surface area (Å²) in [7, 11) is 1.69. The van der Waals surface area contributed by atoms with Gasteiger partial charge < -0.3 is 9.64 Å². The lowest BCUT2D eigenvalue weighted by molar-refractivity contribution is -0.947. The molecule has 1 unspecified atom stereocenters. The molecule has 0 amide bonds. The fourth-order valence-electron chi connectivity index (χ4n) is 3.63. The summed E-state index contributed by atoms with van der Waals surface area (Å²) in [6.07, 6.45) is 2.51. The van der Waals surface area contributed by atoms with Crippen molar-refractivity contribution in [1.82, 2.24) is 19.8 Å². The van der Waals surface area contributed by atoms with Crippen LogP contribution in [0.4, 0.5) is 0 Å². The summed E-state index contributed by atoms with van der Waals surface area (Å²) in [6.45, 7) is 5.82. The fraction of sp³-hybridized carbons (Fsp3) is 0.381. The van der Waals surface area contributed by atoms with Crippen LogP contribution in [0.25, 0.3) is 5.69 Å². The molecule has 1 atom stereocenters. The number of aromatic nitrogens is 4. The van der Waals surface area contributed by atoms with E-state index in [1.165, 1.54) is 34.4 Å². The van der Waals surface area contributed by atoms with Crippen LogP contribution in [0.15, 0.2) is 42.5 Å². The van der Waals surface area contributed by atoms with Crippen molar-refractivity contribution >= 4 is 12.2 Å². The SMILES string of the molecule is COc1ccc(C[NH+](Cn2nnn(-c3cc(C)cc(C)c3)c2=S)C2CC2)cc1. The summed E-state index contributed by atoms with van der Waals surface area (Å²) in [5, 5.41) is 8.68. The number of tetrazole rings is 1. The molecule has 1 saturated carbocycles. The lowest BCUT2D eigenvalue weighted by Crippen LogP contribution is -3.11. The molecule has 7 heteroatoms. The number of methoxy groups -OCH3 is 1. The third-order valence-corrected chi connectivity index (χ3v) is 5.57. The highest BCUT2D eigenvalue weighted by Gasteiger charge is 2.34. The number of hydrogen-bond acceptors (Lipinski definition) is 4. The highest BCUT2D eigenvalue weighted by Crippen LogP contribution is 2.17. The van der Waals surface area contributed by atoms with Gasteiger partial charge in [-0.05, 0) is 84.0 Å². The maximum absolute atomic E-state index is 5.69. The molecule has 0 aliphatic heterocycles. The molecule has 1 aromatic heterocycles. The monoisotopic (exact) mass is 396 g/mol. The maximum atomic E-state index is 5.69. The molecule has 6 nitrogen and oxygen atoms in total. The zero-order chi connectivity index (χ0) is 19.7. The minimum atomic E-state index is 0.637. The maximum Gasteiger partial charge on any atom is 0.225 e. The predicted octanol–water partition coefficient (Wildman–Crippen LogP) is 2.63. The first-order chi connectivity index (χ1) is 13.5. The fourth-order valence-corrected chi connectivity index (χ4v) is 3.87. The first-order valence-corrected chi connectivity index (χ1v) is 10.0. The number of benzene rings is 2. The lowest BCUT2D eigenvalue weighted by atomic mass is 10.1. The van der Waals surface area contributed by atoms with Crippen molar-refractivity contribution in [2.45, 2.75) is 45.9 Å². The molecule has 28 heavy (non-hydrogen) atoms. The Morgan fingerprint density at radius 1 is 1.07 bits per heavy atom. The number of hydrogen-bond donors (Lipinski definition) is 1. The molecule has 1 fully saturated rings. The Kier molecular flexibility index (Phi) is 5.28. The molecule has 4 rings (SSSR count). The molecule has 0 radical (unpaired) electrons. The molecule has 0 saturated heterocycles. The topological polar surface area (TPSA) is 49.3 Å². The predicted molar refractivity (Wildman–Crippen MR) is 110 cm³/mol. The van der Waals surface area contributed by atoms with E-state index in [9.17, 15) is 0 Å². The summed E-state index contributed by atoms with van der Waals surface area (Å²) in [5.41, 5.74) is 4.64. The van der Waals surface area contributed by atoms with Gasteiger partial charge in [0, 0.05) is 18.4 Å². The third-order valence-electron chi connectivity index (χ3n) is 5.19. The van der Waals surface area contributed by atoms with Gasteiger partial charge in [-0.1, -0.05) is 6.07 Å². The highest BCUT2D eigenvalue weighted by atomic mass is 32.1. The van der Waals surface area contributed by atoms with Gasteiger partial charge >= 0.3 is 0 Å². The Hall–Kier alpha value is -2.51. The van der Waals surface area contributed by atoms with Crippen LogP contribution in [0.3, 0.4) is 0 Å². The average molecular weight is 397 g/mol. The van der Waals surface area contributed by atoms with E-state index in [1.54, 1.807) is 11.8 Å². The van der Waals surface area contributed by atoms with Gasteiger partial charge in [0.15, 0.2) is 6.67 Å². The van der Waals surface area contributed by atoms with Gasteiger partial charge in [-0.25, -0.2) is 0 Å². The Balaban J connectivity index is 1.55. The molecule has 1 heterocycles. The number of aryl methyl sites for hydroxylation is 2. The van der Waals surface area contributed by atoms with Crippen molar-refractivity contribution in [3.8, 4) is 11.4 Å². The largest absolute Gasteiger partial charge is 0.497 e. The zero-order valence-electron chi connectivity index (χ0n) is 16.6. The van der Waals surface area contributed by atoms with Gasteiger partial charge in [-0.15, -0.1) is 0 Å². The second-order valence-corrected chi connectivity index (χ2v) is 8.00. The van der Waals surface area contributed by atoms with Crippen LogP contribution < -0.4 is 9.64 Å². The van der Waals surface area contributed by atoms with Gasteiger partial charge in [0.25, 0.3) is 0 Å². The second kappa shape index (κ2) is 7.85. The molecule has 2 aromatic carbocycles. The summed E-state index contributed by atoms with van der Waals surface area (Å²) in [4.78, 5) is 1.47. The molecule has 1 aliphatic carbocycles. The van der Waals surface area contributed by atoms with Crippen LogP contribution in [0.2, 0.25) is 0 Å². The zero-order valence-corrected chi connectivity index (χ0v) is 17.4. The lowest BCUT2D eigenvalue weighted by Gasteiger charge is -2.18. The van der Waals surface area contributed by atoms with Crippen molar-refractivity contribution < 1.29 is 9.64 Å². The molecular weight excluding hydrogens is 370 g/mol. The molecule has 1 aliphatic rings. The Labute approximate surface area is 170 Å². The van der Waals surface area contributed by atoms with E-state index in [0.29, 0.717) is 10.8 Å². The Morgan fingerprint density at radius 2 is 1.75 bits per heavy atom. The van der Waals surface area contributed by atoms with Crippen molar-refractivity contribution in [3.63, 3.8) is 0 Å². The minimum Gasteiger partial charge on any atom is -0.497 e. The molecule has 0 spiro atoms. The smallest absolute Gasteiger partial charge is 0.225 e. The van der Waals surface area contributed by atoms with Crippen molar-refractivity contribution in [3.05, 3.63) is 63.9 Å². The second-order valence-electron chi connectivity index (χ2n) is 7.63. The van der Waals surface area contributed by atoms with Gasteiger partial charge in [0.2, 0.25) is 4.77 Å². The summed E-state index contributed by atoms with van der Waals surface area (Å²) >= 11 is 5.69. The number of rotatable bonds is 7. The normalized spacial score (nSPS) is 14.8. The van der Waals surface area contributed by atoms with Crippen molar-refractivity contribution in [2.24, 2.45) is 0 Å². The number of nitrogens with zero attached hydrogens (tertiary/aromatic N) is 4. The number of ether oxygens (including phenoxy) is 1. The Bertz CT molecular complexity index is 1000. The number of quaternary nitrogens is 1. The van der Waals surface area contributed by atoms with E-state index in [4.69, 9.17) is 17.0 Å². The van der Waals surface area contributed by atoms with E-state index >= 15 is 0 Å². The van der Waals surface area contributed by atoms with Crippen LogP contribution in [-0.4, -0.2) is 32.9 Å². The molecule has 146 valence electrons. The Morgan fingerprint density at radius 3 is 2.36 bits per heavy atom. The van der Waals surface area contributed by atoms with E-state index in [1.807, 2.05) is 16.8 Å². The van der Waals surface area contributed by atoms with Crippen LogP contribution in [0, 0.1) is 18.6 Å². The highest BCUT2D eigenvalue weighted by molar-refractivity contribution is 7.71. The van der Waals surface area contributed by atoms with Gasteiger partial charge in [-0.3, -0.25) is 0 Å². The van der Waals surface area contributed by atoms with Crippen molar-refractivity contribution in [2.75, 3.05) is 7.11 Å². The van der Waals surface area contributed by atoms with Crippen LogP contribution >= 0.6 is 12.2 Å². The third kappa shape index (κ3) is 4.15. The first-order valence-electron chi connectivity index (χ1n) is 9.62. The van der Waals surface area contributed by atoms with E-state index in [-0.39, 0.29) is 0 Å². The number of nitrogens with one attached hydrogen (secondary N) is 1. The molecule has 3 aromatic rings. The summed E-state index contributed by atoms with van der Waals surface area (Å²) < 4.78 is 9.51. The molecule has 0 bridgehead atoms. The summed E-state index contributed by atoms with van der Waals surface area (Å²) in [5.74, 6) is 0.885. The standard InChI is InChI=1S/C21H25N5OS/c1-15-10-16(2)12-19(11-15)26-21(28)25(22-23-26)14-24(18-6-7-18)13-17-4-8-20(27-3)9-5-17/h4-5,8-12,18H,6-7,13-14H2,1-3H3/p+1. The summed E-state index contributed by atoms with van der Waals surface area (Å²) in [6, 6.07) is 15.3. The van der Waals surface area contributed by atoms with E-state index < -0.39 is 0 Å². The van der Waals surface area contributed by atoms with Gasteiger partial charge in [0.05, 0.1) is 18.8 Å². The molecular formula is C21H26N5OS+. The molecule has 1 N–H and O–H groups in total. The first kappa shape index (κ1) is 18.8. The minimum absolute atomic E-state index is 0.637.